The standard InChI is InChI=1S/C11H17N3/c1-3-7-14(4-2)11-5-6-13-10(8-11)9-12/h3,5-6,8H,1,4,7,9,12H2,2H3. The number of aromatic nitrogens is 1. The van der Waals surface area contributed by atoms with E-state index in [2.05, 4.69) is 23.4 Å². The third-order valence-electron chi connectivity index (χ3n) is 2.11. The predicted molar refractivity (Wildman–Crippen MR) is 60.2 cm³/mol. The molecule has 2 N–H and O–H groups in total. The van der Waals surface area contributed by atoms with Crippen molar-refractivity contribution >= 4 is 5.69 Å². The highest BCUT2D eigenvalue weighted by Gasteiger charge is 2.02. The van der Waals surface area contributed by atoms with Crippen LogP contribution in [0.5, 0.6) is 0 Å². The van der Waals surface area contributed by atoms with Gasteiger partial charge in [0.15, 0.2) is 0 Å². The molecule has 14 heavy (non-hydrogen) atoms. The summed E-state index contributed by atoms with van der Waals surface area (Å²) in [5.74, 6) is 0. The summed E-state index contributed by atoms with van der Waals surface area (Å²) in [6.45, 7) is 8.15. The zero-order chi connectivity index (χ0) is 10.4. The molecule has 1 aromatic rings. The summed E-state index contributed by atoms with van der Waals surface area (Å²) >= 11 is 0. The smallest absolute Gasteiger partial charge is 0.0560 e. The molecule has 0 aliphatic rings. The van der Waals surface area contributed by atoms with Gasteiger partial charge in [-0.15, -0.1) is 6.58 Å². The van der Waals surface area contributed by atoms with Gasteiger partial charge in [-0.1, -0.05) is 6.08 Å². The van der Waals surface area contributed by atoms with Crippen LogP contribution in [0.2, 0.25) is 0 Å². The van der Waals surface area contributed by atoms with Crippen LogP contribution in [0.1, 0.15) is 12.6 Å². The monoisotopic (exact) mass is 191 g/mol. The highest BCUT2D eigenvalue weighted by molar-refractivity contribution is 5.46. The molecule has 3 nitrogen and oxygen atoms in total. The van der Waals surface area contributed by atoms with E-state index in [9.17, 15) is 0 Å². The van der Waals surface area contributed by atoms with E-state index in [-0.39, 0.29) is 0 Å². The van der Waals surface area contributed by atoms with Crippen molar-refractivity contribution in [1.82, 2.24) is 4.98 Å². The number of hydrogen-bond donors (Lipinski definition) is 1. The highest BCUT2D eigenvalue weighted by atomic mass is 15.1. The normalized spacial score (nSPS) is 9.86. The van der Waals surface area contributed by atoms with Gasteiger partial charge in [0.05, 0.1) is 5.69 Å². The van der Waals surface area contributed by atoms with Crippen molar-refractivity contribution in [2.45, 2.75) is 13.5 Å². The zero-order valence-corrected chi connectivity index (χ0v) is 8.61. The van der Waals surface area contributed by atoms with Gasteiger partial charge in [-0.25, -0.2) is 0 Å². The first-order valence-corrected chi connectivity index (χ1v) is 4.82. The van der Waals surface area contributed by atoms with Gasteiger partial charge < -0.3 is 10.6 Å². The third kappa shape index (κ3) is 2.57. The molecule has 0 radical (unpaired) electrons. The topological polar surface area (TPSA) is 42.2 Å². The van der Waals surface area contributed by atoms with E-state index in [1.165, 1.54) is 0 Å². The molecule has 1 rings (SSSR count). The molecule has 0 amide bonds. The Morgan fingerprint density at radius 2 is 2.43 bits per heavy atom. The Kier molecular flexibility index (Phi) is 4.13. The summed E-state index contributed by atoms with van der Waals surface area (Å²) < 4.78 is 0. The predicted octanol–water partition coefficient (Wildman–Crippen LogP) is 1.55. The van der Waals surface area contributed by atoms with Crippen LogP contribution in [0.3, 0.4) is 0 Å². The lowest BCUT2D eigenvalue weighted by molar-refractivity contribution is 0.895. The van der Waals surface area contributed by atoms with Crippen LogP contribution in [-0.4, -0.2) is 18.1 Å². The summed E-state index contributed by atoms with van der Waals surface area (Å²) in [4.78, 5) is 6.37. The Labute approximate surface area is 85.3 Å². The van der Waals surface area contributed by atoms with E-state index < -0.39 is 0 Å². The van der Waals surface area contributed by atoms with Gasteiger partial charge in [0, 0.05) is 31.5 Å². The molecular weight excluding hydrogens is 174 g/mol. The molecule has 1 heterocycles. The molecule has 0 spiro atoms. The number of nitrogens with two attached hydrogens (primary N) is 1. The summed E-state index contributed by atoms with van der Waals surface area (Å²) in [6, 6.07) is 4.01. The Morgan fingerprint density at radius 1 is 1.64 bits per heavy atom. The van der Waals surface area contributed by atoms with E-state index >= 15 is 0 Å². The molecule has 0 bridgehead atoms. The Hall–Kier alpha value is -1.35. The zero-order valence-electron chi connectivity index (χ0n) is 8.61. The number of anilines is 1. The summed E-state index contributed by atoms with van der Waals surface area (Å²) in [7, 11) is 0. The molecule has 1 aromatic heterocycles. The van der Waals surface area contributed by atoms with E-state index in [1.807, 2.05) is 18.2 Å². The van der Waals surface area contributed by atoms with Gasteiger partial charge in [0.25, 0.3) is 0 Å². The lowest BCUT2D eigenvalue weighted by atomic mass is 10.3. The molecule has 0 aliphatic carbocycles. The van der Waals surface area contributed by atoms with Gasteiger partial charge in [0.2, 0.25) is 0 Å². The van der Waals surface area contributed by atoms with Crippen LogP contribution < -0.4 is 10.6 Å². The molecule has 0 atom stereocenters. The SMILES string of the molecule is C=CCN(CC)c1ccnc(CN)c1. The summed E-state index contributed by atoms with van der Waals surface area (Å²) in [5.41, 5.74) is 7.61. The average Bonchev–Trinajstić information content (AvgIpc) is 2.26. The lowest BCUT2D eigenvalue weighted by Gasteiger charge is -2.21. The van der Waals surface area contributed by atoms with Crippen LogP contribution in [-0.2, 0) is 6.54 Å². The minimum Gasteiger partial charge on any atom is -0.368 e. The van der Waals surface area contributed by atoms with Crippen LogP contribution in [0.15, 0.2) is 31.0 Å². The minimum absolute atomic E-state index is 0.486. The molecule has 0 unspecified atom stereocenters. The van der Waals surface area contributed by atoms with Crippen molar-refractivity contribution in [1.29, 1.82) is 0 Å². The maximum absolute atomic E-state index is 5.53. The first-order chi connectivity index (χ1) is 6.81. The second kappa shape index (κ2) is 5.40. The largest absolute Gasteiger partial charge is 0.368 e. The fourth-order valence-electron chi connectivity index (χ4n) is 1.35. The van der Waals surface area contributed by atoms with E-state index in [1.54, 1.807) is 6.20 Å². The lowest BCUT2D eigenvalue weighted by Crippen LogP contribution is -2.22. The Balaban J connectivity index is 2.85. The molecule has 0 fully saturated rings. The minimum atomic E-state index is 0.486. The van der Waals surface area contributed by atoms with Crippen molar-refractivity contribution in [3.8, 4) is 0 Å². The first kappa shape index (κ1) is 10.7. The fraction of sp³-hybridized carbons (Fsp3) is 0.364. The number of likely N-dealkylation sites (N-methyl/N-ethyl adjacent to an activating group) is 1. The molecule has 76 valence electrons. The molecule has 0 aliphatic heterocycles. The van der Waals surface area contributed by atoms with Crippen LogP contribution in [0, 0.1) is 0 Å². The fourth-order valence-corrected chi connectivity index (χ4v) is 1.35. The number of hydrogen-bond acceptors (Lipinski definition) is 3. The number of pyridine rings is 1. The summed E-state index contributed by atoms with van der Waals surface area (Å²) in [6.07, 6.45) is 3.69. The molecule has 3 heteroatoms. The highest BCUT2D eigenvalue weighted by Crippen LogP contribution is 2.13. The quantitative estimate of drug-likeness (QED) is 0.718. The summed E-state index contributed by atoms with van der Waals surface area (Å²) in [5, 5.41) is 0. The van der Waals surface area contributed by atoms with Crippen molar-refractivity contribution < 1.29 is 0 Å². The molecule has 0 aromatic carbocycles. The number of rotatable bonds is 5. The van der Waals surface area contributed by atoms with Crippen molar-refractivity contribution in [3.63, 3.8) is 0 Å². The van der Waals surface area contributed by atoms with Crippen molar-refractivity contribution in [2.75, 3.05) is 18.0 Å². The van der Waals surface area contributed by atoms with E-state index in [4.69, 9.17) is 5.73 Å². The Bertz CT molecular complexity index is 296. The van der Waals surface area contributed by atoms with Crippen LogP contribution in [0.25, 0.3) is 0 Å². The van der Waals surface area contributed by atoms with Gasteiger partial charge in [-0.2, -0.15) is 0 Å². The Morgan fingerprint density at radius 3 is 3.00 bits per heavy atom. The molecule has 0 saturated heterocycles. The van der Waals surface area contributed by atoms with Crippen molar-refractivity contribution in [2.24, 2.45) is 5.73 Å². The first-order valence-electron chi connectivity index (χ1n) is 4.82. The van der Waals surface area contributed by atoms with E-state index in [0.717, 1.165) is 24.5 Å². The second-order valence-corrected chi connectivity index (χ2v) is 3.04. The number of nitrogens with zero attached hydrogens (tertiary/aromatic N) is 2. The van der Waals surface area contributed by atoms with E-state index in [0.29, 0.717) is 6.54 Å². The van der Waals surface area contributed by atoms with Crippen LogP contribution >= 0.6 is 0 Å². The molecular formula is C11H17N3. The average molecular weight is 191 g/mol. The third-order valence-corrected chi connectivity index (χ3v) is 2.11. The van der Waals surface area contributed by atoms with Gasteiger partial charge in [0.1, 0.15) is 0 Å². The van der Waals surface area contributed by atoms with Crippen molar-refractivity contribution in [3.05, 3.63) is 36.7 Å². The second-order valence-electron chi connectivity index (χ2n) is 3.04. The maximum atomic E-state index is 5.53. The molecule has 0 saturated carbocycles. The maximum Gasteiger partial charge on any atom is 0.0560 e. The van der Waals surface area contributed by atoms with Gasteiger partial charge >= 0.3 is 0 Å². The van der Waals surface area contributed by atoms with Gasteiger partial charge in [-0.3, -0.25) is 4.98 Å². The van der Waals surface area contributed by atoms with Crippen LogP contribution in [0.4, 0.5) is 5.69 Å². The van der Waals surface area contributed by atoms with Gasteiger partial charge in [-0.05, 0) is 19.1 Å².